The number of hydrogen-bond donors (Lipinski definition) is 0. The molecule has 3 heterocycles. The molecule has 6 nitrogen and oxygen atoms in total. The van der Waals surface area contributed by atoms with Crippen molar-refractivity contribution < 1.29 is 4.42 Å². The molecule has 0 aliphatic carbocycles. The van der Waals surface area contributed by atoms with Gasteiger partial charge in [-0.05, 0) is 30.7 Å². The minimum absolute atomic E-state index is 0.181. The molecule has 3 aromatic heterocycles. The van der Waals surface area contributed by atoms with Gasteiger partial charge in [-0.3, -0.25) is 9.20 Å². The molecule has 0 aliphatic rings. The molecule has 0 bridgehead atoms. The van der Waals surface area contributed by atoms with Gasteiger partial charge < -0.3 is 4.42 Å². The maximum atomic E-state index is 12.2. The van der Waals surface area contributed by atoms with E-state index in [-0.39, 0.29) is 5.56 Å². The van der Waals surface area contributed by atoms with Gasteiger partial charge in [-0.2, -0.15) is 0 Å². The van der Waals surface area contributed by atoms with Gasteiger partial charge in [-0.25, -0.2) is 4.98 Å². The zero-order valence-corrected chi connectivity index (χ0v) is 15.3. The molecule has 0 unspecified atom stereocenters. The van der Waals surface area contributed by atoms with Crippen LogP contribution in [0.15, 0.2) is 63.1 Å². The molecule has 0 amide bonds. The SMILES string of the molecule is Cc1ccccc1-c1nnc(SCc2cc(=O)n3cc(Cl)ccc3n2)o1. The molecular formula is C18H13ClN4O2S. The minimum atomic E-state index is -0.181. The number of rotatable bonds is 4. The lowest BCUT2D eigenvalue weighted by atomic mass is 10.1. The van der Waals surface area contributed by atoms with Gasteiger partial charge in [0.25, 0.3) is 10.8 Å². The monoisotopic (exact) mass is 384 g/mol. The number of thioether (sulfide) groups is 1. The van der Waals surface area contributed by atoms with E-state index < -0.39 is 0 Å². The Bertz CT molecular complexity index is 1160. The highest BCUT2D eigenvalue weighted by molar-refractivity contribution is 7.98. The predicted molar refractivity (Wildman–Crippen MR) is 101 cm³/mol. The standard InChI is InChI=1S/C18H13ClN4O2S/c1-11-4-2-3-5-14(11)17-21-22-18(25-17)26-10-13-8-16(24)23-9-12(19)6-7-15(23)20-13/h2-9H,10H2,1H3. The van der Waals surface area contributed by atoms with Crippen LogP contribution in [0.3, 0.4) is 0 Å². The Morgan fingerprint density at radius 2 is 2.04 bits per heavy atom. The van der Waals surface area contributed by atoms with Gasteiger partial charge in [0.1, 0.15) is 5.65 Å². The van der Waals surface area contributed by atoms with E-state index in [1.54, 1.807) is 18.3 Å². The largest absolute Gasteiger partial charge is 0.411 e. The van der Waals surface area contributed by atoms with Gasteiger partial charge in [0.05, 0.1) is 10.7 Å². The first kappa shape index (κ1) is 16.8. The molecule has 4 rings (SSSR count). The molecule has 0 saturated heterocycles. The molecule has 26 heavy (non-hydrogen) atoms. The van der Waals surface area contributed by atoms with E-state index in [4.69, 9.17) is 16.0 Å². The lowest BCUT2D eigenvalue weighted by molar-refractivity contribution is 0.465. The quantitative estimate of drug-likeness (QED) is 0.495. The predicted octanol–water partition coefficient (Wildman–Crippen LogP) is 4.00. The third-order valence-electron chi connectivity index (χ3n) is 3.80. The Balaban J connectivity index is 1.55. The van der Waals surface area contributed by atoms with Crippen LogP contribution in [-0.2, 0) is 5.75 Å². The highest BCUT2D eigenvalue weighted by atomic mass is 35.5. The van der Waals surface area contributed by atoms with Crippen molar-refractivity contribution in [1.82, 2.24) is 19.6 Å². The van der Waals surface area contributed by atoms with Gasteiger partial charge in [-0.15, -0.1) is 10.2 Å². The molecule has 130 valence electrons. The lowest BCUT2D eigenvalue weighted by Gasteiger charge is -2.03. The summed E-state index contributed by atoms with van der Waals surface area (Å²) in [5.41, 5.74) is 2.97. The van der Waals surface area contributed by atoms with Crippen LogP contribution in [-0.4, -0.2) is 19.6 Å². The average molecular weight is 385 g/mol. The van der Waals surface area contributed by atoms with Gasteiger partial charge >= 0.3 is 0 Å². The summed E-state index contributed by atoms with van der Waals surface area (Å²) in [6.45, 7) is 1.99. The summed E-state index contributed by atoms with van der Waals surface area (Å²) >= 11 is 7.25. The number of halogens is 1. The summed E-state index contributed by atoms with van der Waals surface area (Å²) in [5, 5.41) is 9.08. The van der Waals surface area contributed by atoms with Crippen molar-refractivity contribution in [1.29, 1.82) is 0 Å². The summed E-state index contributed by atoms with van der Waals surface area (Å²) < 4.78 is 7.13. The zero-order chi connectivity index (χ0) is 18.1. The van der Waals surface area contributed by atoms with Gasteiger partial charge in [-0.1, -0.05) is 41.6 Å². The summed E-state index contributed by atoms with van der Waals surface area (Å²) in [6.07, 6.45) is 1.55. The Morgan fingerprint density at radius 3 is 2.88 bits per heavy atom. The third kappa shape index (κ3) is 3.36. The normalized spacial score (nSPS) is 11.2. The molecule has 0 saturated carbocycles. The number of fused-ring (bicyclic) bond motifs is 1. The molecule has 1 aromatic carbocycles. The highest BCUT2D eigenvalue weighted by Crippen LogP contribution is 2.26. The van der Waals surface area contributed by atoms with E-state index in [1.807, 2.05) is 31.2 Å². The molecule has 0 N–H and O–H groups in total. The van der Waals surface area contributed by atoms with Crippen LogP contribution < -0.4 is 5.56 Å². The van der Waals surface area contributed by atoms with Crippen molar-refractivity contribution in [3.63, 3.8) is 0 Å². The maximum Gasteiger partial charge on any atom is 0.277 e. The Labute approximate surface area is 157 Å². The number of pyridine rings is 1. The third-order valence-corrected chi connectivity index (χ3v) is 4.88. The fraction of sp³-hybridized carbons (Fsp3) is 0.111. The Morgan fingerprint density at radius 1 is 1.19 bits per heavy atom. The van der Waals surface area contributed by atoms with Crippen LogP contribution in [0.5, 0.6) is 0 Å². The van der Waals surface area contributed by atoms with Crippen molar-refractivity contribution in [3.05, 3.63) is 75.3 Å². The van der Waals surface area contributed by atoms with Crippen molar-refractivity contribution >= 4 is 29.0 Å². The molecule has 0 fully saturated rings. The fourth-order valence-corrected chi connectivity index (χ4v) is 3.34. The summed E-state index contributed by atoms with van der Waals surface area (Å²) in [4.78, 5) is 16.7. The van der Waals surface area contributed by atoms with Gasteiger partial charge in [0.15, 0.2) is 0 Å². The fourth-order valence-electron chi connectivity index (χ4n) is 2.53. The summed E-state index contributed by atoms with van der Waals surface area (Å²) in [5.74, 6) is 0.927. The number of nitrogens with zero attached hydrogens (tertiary/aromatic N) is 4. The molecule has 8 heteroatoms. The second-order valence-corrected chi connectivity index (χ2v) is 7.00. The smallest absolute Gasteiger partial charge is 0.277 e. The summed E-state index contributed by atoms with van der Waals surface area (Å²) in [7, 11) is 0. The van der Waals surface area contributed by atoms with E-state index in [1.165, 1.54) is 22.2 Å². The number of benzene rings is 1. The first-order valence-electron chi connectivity index (χ1n) is 7.80. The topological polar surface area (TPSA) is 73.3 Å². The van der Waals surface area contributed by atoms with Crippen molar-refractivity contribution in [2.75, 3.05) is 0 Å². The van der Waals surface area contributed by atoms with Crippen LogP contribution in [0.2, 0.25) is 5.02 Å². The zero-order valence-electron chi connectivity index (χ0n) is 13.7. The summed E-state index contributed by atoms with van der Waals surface area (Å²) in [6, 6.07) is 12.7. The second-order valence-electron chi connectivity index (χ2n) is 5.64. The van der Waals surface area contributed by atoms with E-state index in [9.17, 15) is 4.79 Å². The second kappa shape index (κ2) is 6.93. The van der Waals surface area contributed by atoms with E-state index >= 15 is 0 Å². The number of aryl methyl sites for hydroxylation is 1. The van der Waals surface area contributed by atoms with E-state index in [0.717, 1.165) is 11.1 Å². The Kier molecular flexibility index (Phi) is 4.48. The molecule has 0 aliphatic heterocycles. The van der Waals surface area contributed by atoms with Crippen molar-refractivity contribution in [2.24, 2.45) is 0 Å². The molecule has 0 radical (unpaired) electrons. The van der Waals surface area contributed by atoms with Gasteiger partial charge in [0.2, 0.25) is 5.89 Å². The Hall–Kier alpha value is -2.64. The molecular weight excluding hydrogens is 372 g/mol. The highest BCUT2D eigenvalue weighted by Gasteiger charge is 2.12. The van der Waals surface area contributed by atoms with Gasteiger partial charge in [0, 0.05) is 23.6 Å². The first-order chi connectivity index (χ1) is 12.6. The number of hydrogen-bond acceptors (Lipinski definition) is 6. The van der Waals surface area contributed by atoms with Crippen LogP contribution in [0.1, 0.15) is 11.3 Å². The number of aromatic nitrogens is 4. The average Bonchev–Trinajstić information content (AvgIpc) is 3.10. The van der Waals surface area contributed by atoms with E-state index in [2.05, 4.69) is 15.2 Å². The first-order valence-corrected chi connectivity index (χ1v) is 9.17. The lowest BCUT2D eigenvalue weighted by Crippen LogP contribution is -2.15. The van der Waals surface area contributed by atoms with Crippen LogP contribution in [0.4, 0.5) is 0 Å². The molecule has 0 atom stereocenters. The van der Waals surface area contributed by atoms with Crippen LogP contribution in [0.25, 0.3) is 17.1 Å². The molecule has 0 spiro atoms. The van der Waals surface area contributed by atoms with Crippen LogP contribution in [0, 0.1) is 6.92 Å². The van der Waals surface area contributed by atoms with Crippen molar-refractivity contribution in [2.45, 2.75) is 17.9 Å². The maximum absolute atomic E-state index is 12.2. The minimum Gasteiger partial charge on any atom is -0.411 e. The molecule has 4 aromatic rings. The van der Waals surface area contributed by atoms with Crippen LogP contribution >= 0.6 is 23.4 Å². The van der Waals surface area contributed by atoms with Crippen molar-refractivity contribution in [3.8, 4) is 11.5 Å². The van der Waals surface area contributed by atoms with E-state index in [0.29, 0.717) is 33.2 Å².